The van der Waals surface area contributed by atoms with Crippen molar-refractivity contribution in [3.63, 3.8) is 0 Å². The number of rotatable bonds is 7. The molecule has 126 valence electrons. The summed E-state index contributed by atoms with van der Waals surface area (Å²) in [6.45, 7) is 5.14. The van der Waals surface area contributed by atoms with Gasteiger partial charge in [0.15, 0.2) is 0 Å². The minimum Gasteiger partial charge on any atom is -0.338 e. The van der Waals surface area contributed by atoms with Crippen molar-refractivity contribution in [1.29, 1.82) is 0 Å². The molecule has 6 heteroatoms. The molecule has 22 heavy (non-hydrogen) atoms. The molecule has 2 N–H and O–H groups in total. The average Bonchev–Trinajstić information content (AvgIpc) is 3.22. The van der Waals surface area contributed by atoms with Crippen molar-refractivity contribution < 1.29 is 9.59 Å². The summed E-state index contributed by atoms with van der Waals surface area (Å²) >= 11 is 0. The van der Waals surface area contributed by atoms with Crippen LogP contribution in [0.25, 0.3) is 0 Å². The second-order valence-corrected chi connectivity index (χ2v) is 6.27. The lowest BCUT2D eigenvalue weighted by Crippen LogP contribution is -2.38. The summed E-state index contributed by atoms with van der Waals surface area (Å²) in [4.78, 5) is 27.3. The summed E-state index contributed by atoms with van der Waals surface area (Å²) in [7, 11) is 0. The maximum Gasteiger partial charge on any atom is 0.317 e. The van der Waals surface area contributed by atoms with Gasteiger partial charge in [0.1, 0.15) is 0 Å². The Morgan fingerprint density at radius 2 is 1.00 bits per heavy atom. The zero-order chi connectivity index (χ0) is 15.6. The molecule has 0 saturated carbocycles. The van der Waals surface area contributed by atoms with Crippen molar-refractivity contribution >= 4 is 12.1 Å². The van der Waals surface area contributed by atoms with Gasteiger partial charge in [-0.05, 0) is 38.5 Å². The topological polar surface area (TPSA) is 64.7 Å². The van der Waals surface area contributed by atoms with E-state index in [-0.39, 0.29) is 12.1 Å². The van der Waals surface area contributed by atoms with Crippen LogP contribution in [0.1, 0.15) is 51.4 Å². The Labute approximate surface area is 133 Å². The van der Waals surface area contributed by atoms with Gasteiger partial charge in [0.2, 0.25) is 0 Å². The SMILES string of the molecule is O=C(NCCCCCCNC(=O)N1CCCC1)N1CCCC1. The molecule has 2 fully saturated rings. The first-order valence-electron chi connectivity index (χ1n) is 8.83. The van der Waals surface area contributed by atoms with Crippen molar-refractivity contribution in [3.8, 4) is 0 Å². The third-order valence-electron chi connectivity index (χ3n) is 4.44. The van der Waals surface area contributed by atoms with E-state index in [4.69, 9.17) is 0 Å². The van der Waals surface area contributed by atoms with Crippen LogP contribution in [-0.2, 0) is 0 Å². The van der Waals surface area contributed by atoms with Crippen LogP contribution in [0.5, 0.6) is 0 Å². The second kappa shape index (κ2) is 9.54. The van der Waals surface area contributed by atoms with Gasteiger partial charge in [-0.15, -0.1) is 0 Å². The van der Waals surface area contributed by atoms with Gasteiger partial charge in [0.25, 0.3) is 0 Å². The third kappa shape index (κ3) is 5.73. The van der Waals surface area contributed by atoms with Crippen molar-refractivity contribution in [2.45, 2.75) is 51.4 Å². The quantitative estimate of drug-likeness (QED) is 0.708. The molecule has 0 radical (unpaired) electrons. The number of amides is 4. The summed E-state index contributed by atoms with van der Waals surface area (Å²) in [5.74, 6) is 0. The highest BCUT2D eigenvalue weighted by atomic mass is 16.2. The fraction of sp³-hybridized carbons (Fsp3) is 0.875. The van der Waals surface area contributed by atoms with Gasteiger partial charge in [0, 0.05) is 39.3 Å². The van der Waals surface area contributed by atoms with Crippen LogP contribution in [0.15, 0.2) is 0 Å². The van der Waals surface area contributed by atoms with E-state index in [0.717, 1.165) is 90.6 Å². The van der Waals surface area contributed by atoms with Crippen molar-refractivity contribution in [2.75, 3.05) is 39.3 Å². The van der Waals surface area contributed by atoms with Crippen LogP contribution in [-0.4, -0.2) is 61.1 Å². The van der Waals surface area contributed by atoms with E-state index < -0.39 is 0 Å². The van der Waals surface area contributed by atoms with Gasteiger partial charge in [-0.25, -0.2) is 9.59 Å². The molecular weight excluding hydrogens is 280 g/mol. The van der Waals surface area contributed by atoms with Gasteiger partial charge >= 0.3 is 12.1 Å². The van der Waals surface area contributed by atoms with E-state index in [9.17, 15) is 9.59 Å². The monoisotopic (exact) mass is 310 g/mol. The fourth-order valence-corrected chi connectivity index (χ4v) is 3.06. The highest BCUT2D eigenvalue weighted by Gasteiger charge is 2.17. The van der Waals surface area contributed by atoms with Crippen LogP contribution in [0.3, 0.4) is 0 Å². The average molecular weight is 310 g/mol. The molecule has 2 aliphatic heterocycles. The number of nitrogens with zero attached hydrogens (tertiary/aromatic N) is 2. The highest BCUT2D eigenvalue weighted by molar-refractivity contribution is 5.74. The molecule has 0 bridgehead atoms. The molecule has 2 rings (SSSR count). The molecule has 0 aromatic rings. The Morgan fingerprint density at radius 1 is 0.636 bits per heavy atom. The molecule has 4 amide bonds. The van der Waals surface area contributed by atoms with Crippen LogP contribution >= 0.6 is 0 Å². The Bertz CT molecular complexity index is 316. The van der Waals surface area contributed by atoms with Crippen molar-refractivity contribution in [2.24, 2.45) is 0 Å². The molecule has 0 unspecified atom stereocenters. The van der Waals surface area contributed by atoms with Gasteiger partial charge in [-0.3, -0.25) is 0 Å². The minimum atomic E-state index is 0.0929. The van der Waals surface area contributed by atoms with Crippen LogP contribution < -0.4 is 10.6 Å². The van der Waals surface area contributed by atoms with Gasteiger partial charge in [0.05, 0.1) is 0 Å². The lowest BCUT2D eigenvalue weighted by Gasteiger charge is -2.16. The molecular formula is C16H30N4O2. The molecule has 6 nitrogen and oxygen atoms in total. The maximum atomic E-state index is 11.7. The molecule has 0 spiro atoms. The normalized spacial score (nSPS) is 17.8. The molecule has 0 atom stereocenters. The largest absolute Gasteiger partial charge is 0.338 e. The first-order valence-corrected chi connectivity index (χ1v) is 8.83. The van der Waals surface area contributed by atoms with Crippen molar-refractivity contribution in [1.82, 2.24) is 20.4 Å². The van der Waals surface area contributed by atoms with Gasteiger partial charge in [-0.2, -0.15) is 0 Å². The number of hydrogen-bond donors (Lipinski definition) is 2. The molecule has 0 aromatic heterocycles. The predicted molar refractivity (Wildman–Crippen MR) is 86.9 cm³/mol. The van der Waals surface area contributed by atoms with E-state index in [1.54, 1.807) is 0 Å². The Kier molecular flexibility index (Phi) is 7.33. The van der Waals surface area contributed by atoms with Crippen molar-refractivity contribution in [3.05, 3.63) is 0 Å². The summed E-state index contributed by atoms with van der Waals surface area (Å²) in [5.41, 5.74) is 0. The molecule has 0 aromatic carbocycles. The minimum absolute atomic E-state index is 0.0929. The Hall–Kier alpha value is -1.46. The fourth-order valence-electron chi connectivity index (χ4n) is 3.06. The molecule has 0 aliphatic carbocycles. The number of unbranched alkanes of at least 4 members (excludes halogenated alkanes) is 3. The zero-order valence-corrected chi connectivity index (χ0v) is 13.6. The van der Waals surface area contributed by atoms with Crippen LogP contribution in [0.4, 0.5) is 9.59 Å². The standard InChI is InChI=1S/C16H30N4O2/c21-15(19-11-5-6-12-19)17-9-3-1-2-4-10-18-16(22)20-13-7-8-14-20/h1-14H2,(H,17,21)(H,18,22). The highest BCUT2D eigenvalue weighted by Crippen LogP contribution is 2.08. The van der Waals surface area contributed by atoms with Gasteiger partial charge in [-0.1, -0.05) is 12.8 Å². The number of likely N-dealkylation sites (tertiary alicyclic amines) is 2. The number of carbonyl (C=O) groups excluding carboxylic acids is 2. The lowest BCUT2D eigenvalue weighted by molar-refractivity contribution is 0.207. The second-order valence-electron chi connectivity index (χ2n) is 6.27. The molecule has 2 heterocycles. The smallest absolute Gasteiger partial charge is 0.317 e. The predicted octanol–water partition coefficient (Wildman–Crippen LogP) is 2.16. The zero-order valence-electron chi connectivity index (χ0n) is 13.6. The van der Waals surface area contributed by atoms with E-state index in [2.05, 4.69) is 10.6 Å². The van der Waals surface area contributed by atoms with E-state index in [1.807, 2.05) is 9.80 Å². The molecule has 2 saturated heterocycles. The van der Waals surface area contributed by atoms with Gasteiger partial charge < -0.3 is 20.4 Å². The van der Waals surface area contributed by atoms with E-state index in [0.29, 0.717) is 0 Å². The summed E-state index contributed by atoms with van der Waals surface area (Å²) < 4.78 is 0. The Balaban J connectivity index is 1.38. The van der Waals surface area contributed by atoms with Crippen LogP contribution in [0, 0.1) is 0 Å². The lowest BCUT2D eigenvalue weighted by atomic mass is 10.2. The number of nitrogens with one attached hydrogen (secondary N) is 2. The summed E-state index contributed by atoms with van der Waals surface area (Å²) in [5, 5.41) is 5.96. The van der Waals surface area contributed by atoms with E-state index in [1.165, 1.54) is 0 Å². The first-order chi connectivity index (χ1) is 10.8. The number of hydrogen-bond acceptors (Lipinski definition) is 2. The summed E-state index contributed by atoms with van der Waals surface area (Å²) in [6, 6.07) is 0.186. The number of urea groups is 2. The maximum absolute atomic E-state index is 11.7. The summed E-state index contributed by atoms with van der Waals surface area (Å²) in [6.07, 6.45) is 8.76. The molecule has 2 aliphatic rings. The first kappa shape index (κ1) is 16.9. The Morgan fingerprint density at radius 3 is 1.36 bits per heavy atom. The van der Waals surface area contributed by atoms with Crippen LogP contribution in [0.2, 0.25) is 0 Å². The number of carbonyl (C=O) groups is 2. The van der Waals surface area contributed by atoms with E-state index >= 15 is 0 Å². The third-order valence-corrected chi connectivity index (χ3v) is 4.44.